The van der Waals surface area contributed by atoms with Gasteiger partial charge in [-0.3, -0.25) is 4.99 Å². The fourth-order valence-electron chi connectivity index (χ4n) is 1.89. The molecule has 0 amide bonds. The lowest BCUT2D eigenvalue weighted by Gasteiger charge is -2.36. The van der Waals surface area contributed by atoms with Crippen LogP contribution in [0.3, 0.4) is 0 Å². The Balaban J connectivity index is 5.10. The Hall–Kier alpha value is -0.850. The van der Waals surface area contributed by atoms with Crippen LogP contribution in [-0.4, -0.2) is 11.3 Å². The van der Waals surface area contributed by atoms with Crippen LogP contribution in [-0.2, 0) is 0 Å². The molecule has 0 unspecified atom stereocenters. The summed E-state index contributed by atoms with van der Waals surface area (Å²) < 4.78 is 0. The largest absolute Gasteiger partial charge is 0.283 e. The summed E-state index contributed by atoms with van der Waals surface area (Å²) in [6.07, 6.45) is 9.11. The van der Waals surface area contributed by atoms with Gasteiger partial charge in [-0.15, -0.1) is 0 Å². The van der Waals surface area contributed by atoms with Crippen LogP contribution in [0.2, 0.25) is 0 Å². The molecule has 0 fully saturated rings. The number of hydrogen-bond donors (Lipinski definition) is 0. The normalized spacial score (nSPS) is 14.3. The van der Waals surface area contributed by atoms with E-state index in [2.05, 4.69) is 74.5 Å². The monoisotopic (exact) mass is 291 g/mol. The van der Waals surface area contributed by atoms with Crippen LogP contribution in [0.5, 0.6) is 0 Å². The van der Waals surface area contributed by atoms with E-state index in [4.69, 9.17) is 4.99 Å². The van der Waals surface area contributed by atoms with Crippen molar-refractivity contribution >= 4 is 5.71 Å². The fraction of sp³-hybridized carbons (Fsp3) is 0.750. The first kappa shape index (κ1) is 20.1. The summed E-state index contributed by atoms with van der Waals surface area (Å²) in [5.74, 6) is 0. The van der Waals surface area contributed by atoms with Crippen molar-refractivity contribution < 1.29 is 0 Å². The van der Waals surface area contributed by atoms with Gasteiger partial charge in [-0.1, -0.05) is 51.3 Å². The molecular formula is C20H37N. The van der Waals surface area contributed by atoms with E-state index in [1.165, 1.54) is 16.9 Å². The Bertz CT molecular complexity index is 396. The van der Waals surface area contributed by atoms with Crippen molar-refractivity contribution in [2.45, 2.75) is 93.5 Å². The Morgan fingerprint density at radius 1 is 0.952 bits per heavy atom. The van der Waals surface area contributed by atoms with Crippen LogP contribution >= 0.6 is 0 Å². The van der Waals surface area contributed by atoms with Gasteiger partial charge < -0.3 is 0 Å². The van der Waals surface area contributed by atoms with Crippen molar-refractivity contribution in [2.75, 3.05) is 0 Å². The SMILES string of the molecule is CCCC(/C=C(/C)CCC=C(C)C)=N/C(C)(C)C(C)(C)C. The van der Waals surface area contributed by atoms with Crippen molar-refractivity contribution in [1.82, 2.24) is 0 Å². The molecular weight excluding hydrogens is 254 g/mol. The maximum absolute atomic E-state index is 5.08. The lowest BCUT2D eigenvalue weighted by atomic mass is 9.76. The average Bonchev–Trinajstić information content (AvgIpc) is 2.26. The number of allylic oxidation sites excluding steroid dienone is 4. The van der Waals surface area contributed by atoms with Crippen LogP contribution in [0.4, 0.5) is 0 Å². The van der Waals surface area contributed by atoms with E-state index in [1.54, 1.807) is 0 Å². The first-order chi connectivity index (χ1) is 9.49. The van der Waals surface area contributed by atoms with E-state index in [0.717, 1.165) is 25.7 Å². The topological polar surface area (TPSA) is 12.4 Å². The number of rotatable bonds is 7. The highest BCUT2D eigenvalue weighted by molar-refractivity contribution is 5.95. The van der Waals surface area contributed by atoms with Crippen LogP contribution in [0.1, 0.15) is 88.0 Å². The van der Waals surface area contributed by atoms with Gasteiger partial charge in [-0.05, 0) is 65.4 Å². The van der Waals surface area contributed by atoms with Crippen LogP contribution in [0, 0.1) is 5.41 Å². The third-order valence-corrected chi connectivity index (χ3v) is 4.27. The van der Waals surface area contributed by atoms with Gasteiger partial charge in [-0.2, -0.15) is 0 Å². The number of nitrogens with zero attached hydrogens (tertiary/aromatic N) is 1. The molecule has 0 radical (unpaired) electrons. The molecule has 0 N–H and O–H groups in total. The molecule has 0 heterocycles. The Labute approximate surface area is 133 Å². The molecule has 0 aliphatic rings. The second-order valence-corrected chi connectivity index (χ2v) is 7.97. The van der Waals surface area contributed by atoms with Crippen LogP contribution < -0.4 is 0 Å². The molecule has 0 saturated carbocycles. The zero-order valence-corrected chi connectivity index (χ0v) is 15.9. The summed E-state index contributed by atoms with van der Waals surface area (Å²) in [5.41, 5.74) is 4.24. The van der Waals surface area contributed by atoms with E-state index in [1.807, 2.05) is 0 Å². The van der Waals surface area contributed by atoms with Crippen molar-refractivity contribution in [3.05, 3.63) is 23.3 Å². The minimum absolute atomic E-state index is 0.0335. The third-order valence-electron chi connectivity index (χ3n) is 4.27. The summed E-state index contributed by atoms with van der Waals surface area (Å²) in [5, 5.41) is 0. The molecule has 1 nitrogen and oxygen atoms in total. The molecule has 0 spiro atoms. The zero-order valence-electron chi connectivity index (χ0n) is 15.9. The van der Waals surface area contributed by atoms with E-state index in [0.29, 0.717) is 0 Å². The lowest BCUT2D eigenvalue weighted by Crippen LogP contribution is -2.35. The van der Waals surface area contributed by atoms with E-state index in [-0.39, 0.29) is 11.0 Å². The summed E-state index contributed by atoms with van der Waals surface area (Å²) in [6, 6.07) is 0. The Morgan fingerprint density at radius 3 is 1.95 bits per heavy atom. The minimum Gasteiger partial charge on any atom is -0.283 e. The second kappa shape index (κ2) is 8.56. The lowest BCUT2D eigenvalue weighted by molar-refractivity contribution is 0.233. The molecule has 0 saturated heterocycles. The second-order valence-electron chi connectivity index (χ2n) is 7.97. The van der Waals surface area contributed by atoms with E-state index >= 15 is 0 Å². The van der Waals surface area contributed by atoms with Gasteiger partial charge in [0.1, 0.15) is 0 Å². The highest BCUT2D eigenvalue weighted by Crippen LogP contribution is 2.33. The molecule has 0 aromatic carbocycles. The minimum atomic E-state index is -0.0335. The van der Waals surface area contributed by atoms with Crippen molar-refractivity contribution in [3.63, 3.8) is 0 Å². The summed E-state index contributed by atoms with van der Waals surface area (Å²) in [7, 11) is 0. The predicted molar refractivity (Wildman–Crippen MR) is 98.3 cm³/mol. The van der Waals surface area contributed by atoms with Crippen LogP contribution in [0.25, 0.3) is 0 Å². The Morgan fingerprint density at radius 2 is 1.52 bits per heavy atom. The molecule has 122 valence electrons. The third kappa shape index (κ3) is 8.24. The van der Waals surface area contributed by atoms with Crippen LogP contribution in [0.15, 0.2) is 28.3 Å². The van der Waals surface area contributed by atoms with E-state index < -0.39 is 0 Å². The smallest absolute Gasteiger partial charge is 0.0603 e. The van der Waals surface area contributed by atoms with Gasteiger partial charge in [-0.25, -0.2) is 0 Å². The number of hydrogen-bond acceptors (Lipinski definition) is 1. The maximum Gasteiger partial charge on any atom is 0.0603 e. The van der Waals surface area contributed by atoms with Gasteiger partial charge in [0.25, 0.3) is 0 Å². The summed E-state index contributed by atoms with van der Waals surface area (Å²) >= 11 is 0. The van der Waals surface area contributed by atoms with E-state index in [9.17, 15) is 0 Å². The van der Waals surface area contributed by atoms with Crippen molar-refractivity contribution in [2.24, 2.45) is 10.4 Å². The number of aliphatic imine (C=N–C) groups is 1. The highest BCUT2D eigenvalue weighted by atomic mass is 14.9. The van der Waals surface area contributed by atoms with Crippen molar-refractivity contribution in [1.29, 1.82) is 0 Å². The fourth-order valence-corrected chi connectivity index (χ4v) is 1.89. The van der Waals surface area contributed by atoms with Gasteiger partial charge in [0, 0.05) is 5.71 Å². The quantitative estimate of drug-likeness (QED) is 0.363. The molecule has 0 aliphatic carbocycles. The molecule has 0 bridgehead atoms. The molecule has 0 rings (SSSR count). The Kier molecular flexibility index (Phi) is 8.21. The highest BCUT2D eigenvalue weighted by Gasteiger charge is 2.32. The molecule has 0 aromatic heterocycles. The molecule has 21 heavy (non-hydrogen) atoms. The molecule has 0 atom stereocenters. The standard InChI is InChI=1S/C20H37N/c1-10-12-18(21-20(8,9)19(5,6)7)15-17(4)14-11-13-16(2)3/h13,15H,10-12,14H2,1-9H3/b17-15-,21-18-. The molecule has 0 aliphatic heterocycles. The van der Waals surface area contributed by atoms with Crippen molar-refractivity contribution in [3.8, 4) is 0 Å². The molecule has 0 aromatic rings. The van der Waals surface area contributed by atoms with Gasteiger partial charge in [0.05, 0.1) is 5.54 Å². The summed E-state index contributed by atoms with van der Waals surface area (Å²) in [6.45, 7) is 20.1. The van der Waals surface area contributed by atoms with Gasteiger partial charge in [0.2, 0.25) is 0 Å². The maximum atomic E-state index is 5.08. The van der Waals surface area contributed by atoms with Gasteiger partial charge >= 0.3 is 0 Å². The molecule has 1 heteroatoms. The zero-order chi connectivity index (χ0) is 16.7. The first-order valence-electron chi connectivity index (χ1n) is 8.39. The predicted octanol–water partition coefficient (Wildman–Crippen LogP) is 6.74. The summed E-state index contributed by atoms with van der Waals surface area (Å²) in [4.78, 5) is 5.08. The first-order valence-corrected chi connectivity index (χ1v) is 8.39. The average molecular weight is 292 g/mol. The van der Waals surface area contributed by atoms with Gasteiger partial charge in [0.15, 0.2) is 0 Å².